The van der Waals surface area contributed by atoms with E-state index in [0.717, 1.165) is 41.1 Å². The third kappa shape index (κ3) is 3.12. The maximum atomic E-state index is 12.8. The zero-order valence-electron chi connectivity index (χ0n) is 15.3. The van der Waals surface area contributed by atoms with Crippen molar-refractivity contribution in [1.29, 1.82) is 0 Å². The van der Waals surface area contributed by atoms with Crippen molar-refractivity contribution in [3.63, 3.8) is 0 Å². The quantitative estimate of drug-likeness (QED) is 0.710. The maximum Gasteiger partial charge on any atom is 0.263 e. The van der Waals surface area contributed by atoms with Gasteiger partial charge in [0.1, 0.15) is 4.83 Å². The Kier molecular flexibility index (Phi) is 4.50. The first kappa shape index (κ1) is 17.2. The van der Waals surface area contributed by atoms with Crippen LogP contribution in [0, 0.1) is 0 Å². The number of thiophene rings is 1. The number of rotatable bonds is 4. The van der Waals surface area contributed by atoms with E-state index < -0.39 is 0 Å². The highest BCUT2D eigenvalue weighted by molar-refractivity contribution is 7.20. The molecule has 1 aliphatic heterocycles. The lowest BCUT2D eigenvalue weighted by molar-refractivity contribution is 0.0831. The van der Waals surface area contributed by atoms with E-state index >= 15 is 0 Å². The fourth-order valence-corrected chi connectivity index (χ4v) is 4.99. The topological polar surface area (TPSA) is 54.3 Å². The first-order valence-electron chi connectivity index (χ1n) is 8.82. The van der Waals surface area contributed by atoms with Gasteiger partial charge in [-0.05, 0) is 24.6 Å². The summed E-state index contributed by atoms with van der Waals surface area (Å²) in [7, 11) is 5.57. The van der Waals surface area contributed by atoms with Crippen LogP contribution in [0.5, 0.6) is 0 Å². The van der Waals surface area contributed by atoms with Gasteiger partial charge in [0, 0.05) is 63.5 Å². The van der Waals surface area contributed by atoms with Gasteiger partial charge in [-0.15, -0.1) is 11.3 Å². The standard InChI is InChI=1S/C19H23N5OS/c1-22(2)19(25)17-16(15-5-4-7-20-18(15)26-17)14-6-8-24(12-14)11-13-9-21-23(3)10-13/h4-5,7,9-10,14H,6,8,11-12H2,1-3H3. The number of aromatic nitrogens is 3. The van der Waals surface area contributed by atoms with E-state index in [1.807, 2.05) is 38.1 Å². The van der Waals surface area contributed by atoms with Crippen LogP contribution in [0.15, 0.2) is 30.7 Å². The van der Waals surface area contributed by atoms with Crippen LogP contribution in [-0.2, 0) is 13.6 Å². The molecule has 1 saturated heterocycles. The Morgan fingerprint density at radius 2 is 2.27 bits per heavy atom. The Balaban J connectivity index is 1.63. The maximum absolute atomic E-state index is 12.8. The minimum Gasteiger partial charge on any atom is -0.344 e. The van der Waals surface area contributed by atoms with Crippen molar-refractivity contribution in [2.75, 3.05) is 27.2 Å². The number of hydrogen-bond donors (Lipinski definition) is 0. The highest BCUT2D eigenvalue weighted by Crippen LogP contribution is 2.40. The van der Waals surface area contributed by atoms with E-state index in [9.17, 15) is 4.79 Å². The second kappa shape index (κ2) is 6.81. The minimum absolute atomic E-state index is 0.0775. The number of likely N-dealkylation sites (tertiary alicyclic amines) is 1. The van der Waals surface area contributed by atoms with Gasteiger partial charge >= 0.3 is 0 Å². The fourth-order valence-electron chi connectivity index (χ4n) is 3.74. The molecule has 0 spiro atoms. The molecule has 7 heteroatoms. The fraction of sp³-hybridized carbons (Fsp3) is 0.421. The number of amides is 1. The van der Waals surface area contributed by atoms with E-state index in [2.05, 4.69) is 27.2 Å². The van der Waals surface area contributed by atoms with Crippen LogP contribution in [0.25, 0.3) is 10.2 Å². The molecule has 136 valence electrons. The third-order valence-corrected chi connectivity index (χ3v) is 6.07. The van der Waals surface area contributed by atoms with Crippen LogP contribution in [0.2, 0.25) is 0 Å². The van der Waals surface area contributed by atoms with Crippen LogP contribution in [-0.4, -0.2) is 57.7 Å². The Morgan fingerprint density at radius 3 is 3.00 bits per heavy atom. The summed E-state index contributed by atoms with van der Waals surface area (Å²) in [5.74, 6) is 0.442. The largest absolute Gasteiger partial charge is 0.344 e. The summed E-state index contributed by atoms with van der Waals surface area (Å²) in [6.45, 7) is 2.90. The Morgan fingerprint density at radius 1 is 1.42 bits per heavy atom. The second-order valence-corrected chi connectivity index (χ2v) is 8.14. The molecule has 0 radical (unpaired) electrons. The molecule has 3 aromatic heterocycles. The van der Waals surface area contributed by atoms with Crippen molar-refractivity contribution in [3.8, 4) is 0 Å². The third-order valence-electron chi connectivity index (χ3n) is 4.95. The lowest BCUT2D eigenvalue weighted by Crippen LogP contribution is -2.23. The number of hydrogen-bond acceptors (Lipinski definition) is 5. The molecule has 0 aliphatic carbocycles. The van der Waals surface area contributed by atoms with Crippen LogP contribution >= 0.6 is 11.3 Å². The molecule has 26 heavy (non-hydrogen) atoms. The van der Waals surface area contributed by atoms with Gasteiger partial charge in [0.15, 0.2) is 0 Å². The molecule has 1 amide bonds. The monoisotopic (exact) mass is 369 g/mol. The first-order chi connectivity index (χ1) is 12.5. The highest BCUT2D eigenvalue weighted by Gasteiger charge is 2.31. The molecule has 3 aromatic rings. The average molecular weight is 369 g/mol. The van der Waals surface area contributed by atoms with Gasteiger partial charge in [0.2, 0.25) is 0 Å². The van der Waals surface area contributed by atoms with Gasteiger partial charge in [-0.3, -0.25) is 14.4 Å². The number of fused-ring (bicyclic) bond motifs is 1. The van der Waals surface area contributed by atoms with Crippen LogP contribution in [0.1, 0.15) is 33.1 Å². The molecule has 0 saturated carbocycles. The van der Waals surface area contributed by atoms with Gasteiger partial charge in [-0.25, -0.2) is 4.98 Å². The minimum atomic E-state index is 0.0775. The average Bonchev–Trinajstić information content (AvgIpc) is 3.32. The number of aryl methyl sites for hydroxylation is 1. The van der Waals surface area contributed by atoms with Crippen molar-refractivity contribution in [2.45, 2.75) is 18.9 Å². The van der Waals surface area contributed by atoms with Gasteiger partial charge in [-0.1, -0.05) is 6.07 Å². The van der Waals surface area contributed by atoms with E-state index in [-0.39, 0.29) is 5.91 Å². The molecule has 4 heterocycles. The van der Waals surface area contributed by atoms with E-state index in [1.54, 1.807) is 11.1 Å². The SMILES string of the molecule is CN(C)C(=O)c1sc2ncccc2c1C1CCN(Cc2cnn(C)c2)C1. The van der Waals surface area contributed by atoms with Crippen LogP contribution in [0.3, 0.4) is 0 Å². The molecular weight excluding hydrogens is 346 g/mol. The second-order valence-electron chi connectivity index (χ2n) is 7.14. The Labute approximate surface area is 157 Å². The van der Waals surface area contributed by atoms with E-state index in [0.29, 0.717) is 5.92 Å². The molecule has 6 nitrogen and oxygen atoms in total. The molecule has 1 fully saturated rings. The zero-order chi connectivity index (χ0) is 18.3. The predicted octanol–water partition coefficient (Wildman–Crippen LogP) is 2.72. The summed E-state index contributed by atoms with van der Waals surface area (Å²) >= 11 is 1.52. The highest BCUT2D eigenvalue weighted by atomic mass is 32.1. The summed E-state index contributed by atoms with van der Waals surface area (Å²) in [5, 5.41) is 5.39. The Hall–Kier alpha value is -2.25. The van der Waals surface area contributed by atoms with Crippen molar-refractivity contribution < 1.29 is 4.79 Å². The molecule has 0 aromatic carbocycles. The predicted molar refractivity (Wildman–Crippen MR) is 103 cm³/mol. The molecule has 4 rings (SSSR count). The lowest BCUT2D eigenvalue weighted by atomic mass is 9.95. The molecule has 0 N–H and O–H groups in total. The van der Waals surface area contributed by atoms with Crippen molar-refractivity contribution in [2.24, 2.45) is 7.05 Å². The number of pyridine rings is 1. The summed E-state index contributed by atoms with van der Waals surface area (Å²) in [5.41, 5.74) is 2.42. The lowest BCUT2D eigenvalue weighted by Gasteiger charge is -2.17. The number of carbonyl (C=O) groups excluding carboxylic acids is 1. The number of nitrogens with zero attached hydrogens (tertiary/aromatic N) is 5. The Bertz CT molecular complexity index is 944. The smallest absolute Gasteiger partial charge is 0.263 e. The number of carbonyl (C=O) groups is 1. The summed E-state index contributed by atoms with van der Waals surface area (Å²) in [6, 6.07) is 4.06. The van der Waals surface area contributed by atoms with E-state index in [1.165, 1.54) is 22.5 Å². The van der Waals surface area contributed by atoms with Crippen molar-refractivity contribution in [3.05, 3.63) is 46.7 Å². The molecule has 1 aliphatic rings. The van der Waals surface area contributed by atoms with Gasteiger partial charge in [0.05, 0.1) is 11.1 Å². The zero-order valence-corrected chi connectivity index (χ0v) is 16.2. The van der Waals surface area contributed by atoms with Crippen LogP contribution < -0.4 is 0 Å². The normalized spacial score (nSPS) is 17.9. The van der Waals surface area contributed by atoms with E-state index in [4.69, 9.17) is 0 Å². The van der Waals surface area contributed by atoms with Crippen LogP contribution in [0.4, 0.5) is 0 Å². The van der Waals surface area contributed by atoms with Gasteiger partial charge in [-0.2, -0.15) is 5.10 Å². The van der Waals surface area contributed by atoms with Crippen molar-refractivity contribution in [1.82, 2.24) is 24.6 Å². The molecule has 0 bridgehead atoms. The van der Waals surface area contributed by atoms with Gasteiger partial charge in [0.25, 0.3) is 5.91 Å². The molecule has 1 atom stereocenters. The summed E-state index contributed by atoms with van der Waals surface area (Å²) < 4.78 is 1.84. The summed E-state index contributed by atoms with van der Waals surface area (Å²) in [6.07, 6.45) is 6.86. The van der Waals surface area contributed by atoms with Gasteiger partial charge < -0.3 is 4.90 Å². The molecule has 1 unspecified atom stereocenters. The van der Waals surface area contributed by atoms with Crippen molar-refractivity contribution >= 4 is 27.5 Å². The summed E-state index contributed by atoms with van der Waals surface area (Å²) in [4.78, 5) is 23.2. The first-order valence-corrected chi connectivity index (χ1v) is 9.63. The molecular formula is C19H23N5OS.